The van der Waals surface area contributed by atoms with Crippen LogP contribution in [0.3, 0.4) is 0 Å². The van der Waals surface area contributed by atoms with Gasteiger partial charge in [-0.05, 0) is 50.8 Å². The van der Waals surface area contributed by atoms with Gasteiger partial charge in [0.2, 0.25) is 5.91 Å². The number of piperazine rings is 1. The van der Waals surface area contributed by atoms with Crippen LogP contribution in [0.2, 0.25) is 0 Å². The van der Waals surface area contributed by atoms with Gasteiger partial charge < -0.3 is 20.4 Å². The number of amides is 2. The number of para-hydroxylation sites is 1. The van der Waals surface area contributed by atoms with Gasteiger partial charge in [0.25, 0.3) is 5.91 Å². The normalized spacial score (nSPS) is 35.5. The van der Waals surface area contributed by atoms with Crippen LogP contribution < -0.4 is 10.6 Å². The summed E-state index contributed by atoms with van der Waals surface area (Å²) < 4.78 is 0. The van der Waals surface area contributed by atoms with Crippen molar-refractivity contribution in [3.63, 3.8) is 0 Å². The molecule has 2 aliphatic heterocycles. The zero-order valence-electron chi connectivity index (χ0n) is 15.9. The zero-order chi connectivity index (χ0) is 18.6. The third-order valence-electron chi connectivity index (χ3n) is 7.27. The summed E-state index contributed by atoms with van der Waals surface area (Å²) in [6.07, 6.45) is 3.90. The van der Waals surface area contributed by atoms with Gasteiger partial charge in [0, 0.05) is 43.7 Å². The molecule has 27 heavy (non-hydrogen) atoms. The van der Waals surface area contributed by atoms with Crippen LogP contribution in [0.25, 0.3) is 0 Å². The number of rotatable bonds is 1. The van der Waals surface area contributed by atoms with Crippen LogP contribution in [0.1, 0.15) is 36.0 Å². The lowest BCUT2D eigenvalue weighted by atomic mass is 9.58. The summed E-state index contributed by atoms with van der Waals surface area (Å²) in [5.74, 6) is 1.13. The van der Waals surface area contributed by atoms with Crippen molar-refractivity contribution in [1.82, 2.24) is 15.1 Å². The lowest BCUT2D eigenvalue weighted by Crippen LogP contribution is -2.68. The van der Waals surface area contributed by atoms with Crippen LogP contribution in [-0.2, 0) is 4.79 Å². The van der Waals surface area contributed by atoms with Gasteiger partial charge >= 0.3 is 0 Å². The molecule has 6 nitrogen and oxygen atoms in total. The van der Waals surface area contributed by atoms with Crippen molar-refractivity contribution in [3.8, 4) is 0 Å². The van der Waals surface area contributed by atoms with E-state index in [1.54, 1.807) is 0 Å². The van der Waals surface area contributed by atoms with Crippen LogP contribution in [0, 0.1) is 17.8 Å². The molecule has 1 aromatic rings. The van der Waals surface area contributed by atoms with E-state index in [1.807, 2.05) is 24.3 Å². The molecule has 0 aromatic heterocycles. The number of nitrogens with one attached hydrogen (secondary N) is 2. The lowest BCUT2D eigenvalue weighted by molar-refractivity contribution is -0.144. The summed E-state index contributed by atoms with van der Waals surface area (Å²) in [6, 6.07) is 7.73. The standard InChI is InChI=1S/C21H28N4O2/c1-24-8-10-25(11-9-24)20(27)17-12-15-7-6-14(17)13-21(15)22-18-5-3-2-4-16(18)19(26)23-21/h2-5,14-15,17,22H,6-13H2,1H3,(H,23,26)/t14-,15+,17-,21+/m0/s1. The SMILES string of the molecule is CN1CCN(C(=O)[C@H]2C[C@H]3CC[C@H]2C[C@@]32NC(=O)c3ccccc3N2)CC1. The van der Waals surface area contributed by atoms with E-state index < -0.39 is 0 Å². The molecule has 2 heterocycles. The molecular formula is C21H28N4O2. The Balaban J connectivity index is 1.35. The quantitative estimate of drug-likeness (QED) is 0.793. The van der Waals surface area contributed by atoms with Gasteiger partial charge in [0.15, 0.2) is 0 Å². The minimum absolute atomic E-state index is 0.0128. The maximum Gasteiger partial charge on any atom is 0.255 e. The van der Waals surface area contributed by atoms with Crippen LogP contribution in [0.15, 0.2) is 24.3 Å². The first-order valence-electron chi connectivity index (χ1n) is 10.2. The molecule has 0 radical (unpaired) electrons. The van der Waals surface area contributed by atoms with E-state index in [-0.39, 0.29) is 17.5 Å². The molecule has 4 atom stereocenters. The number of likely N-dealkylation sites (N-methyl/N-ethyl adjacent to an activating group) is 1. The number of carbonyl (C=O) groups excluding carboxylic acids is 2. The predicted octanol–water partition coefficient (Wildman–Crippen LogP) is 1.75. The minimum Gasteiger partial charge on any atom is -0.362 e. The van der Waals surface area contributed by atoms with Crippen molar-refractivity contribution in [1.29, 1.82) is 0 Å². The predicted molar refractivity (Wildman–Crippen MR) is 103 cm³/mol. The summed E-state index contributed by atoms with van der Waals surface area (Å²) in [4.78, 5) is 30.2. The molecule has 6 heteroatoms. The van der Waals surface area contributed by atoms with E-state index in [9.17, 15) is 9.59 Å². The van der Waals surface area contributed by atoms with E-state index in [0.29, 0.717) is 17.7 Å². The average Bonchev–Trinajstić information content (AvgIpc) is 2.68. The second kappa shape index (κ2) is 6.23. The number of fused-ring (bicyclic) bond motifs is 3. The maximum atomic E-state index is 13.2. The van der Waals surface area contributed by atoms with Gasteiger partial charge in [-0.3, -0.25) is 9.59 Å². The second-order valence-electron chi connectivity index (χ2n) is 8.81. The molecule has 3 aliphatic carbocycles. The molecule has 2 N–H and O–H groups in total. The molecular weight excluding hydrogens is 340 g/mol. The van der Waals surface area contributed by atoms with Crippen LogP contribution in [0.4, 0.5) is 5.69 Å². The fourth-order valence-corrected chi connectivity index (χ4v) is 5.71. The monoisotopic (exact) mass is 368 g/mol. The summed E-state index contributed by atoms with van der Waals surface area (Å²) in [5, 5.41) is 6.94. The molecule has 2 bridgehead atoms. The Morgan fingerprint density at radius 1 is 1.11 bits per heavy atom. The van der Waals surface area contributed by atoms with Crippen molar-refractivity contribution < 1.29 is 9.59 Å². The van der Waals surface area contributed by atoms with Gasteiger partial charge in [-0.1, -0.05) is 12.1 Å². The van der Waals surface area contributed by atoms with Crippen molar-refractivity contribution in [2.45, 2.75) is 31.3 Å². The molecule has 3 saturated carbocycles. The van der Waals surface area contributed by atoms with Gasteiger partial charge in [-0.15, -0.1) is 0 Å². The molecule has 5 aliphatic rings. The maximum absolute atomic E-state index is 13.2. The van der Waals surface area contributed by atoms with E-state index in [2.05, 4.69) is 27.5 Å². The highest BCUT2D eigenvalue weighted by Gasteiger charge is 2.55. The Morgan fingerprint density at radius 3 is 2.63 bits per heavy atom. The first-order valence-corrected chi connectivity index (χ1v) is 10.2. The van der Waals surface area contributed by atoms with Gasteiger partial charge in [0.05, 0.1) is 5.56 Å². The smallest absolute Gasteiger partial charge is 0.255 e. The molecule has 144 valence electrons. The highest BCUT2D eigenvalue weighted by molar-refractivity contribution is 6.02. The Labute approximate surface area is 160 Å². The van der Waals surface area contributed by atoms with E-state index in [0.717, 1.165) is 63.1 Å². The largest absolute Gasteiger partial charge is 0.362 e. The summed E-state index contributed by atoms with van der Waals surface area (Å²) in [5.41, 5.74) is 1.26. The zero-order valence-corrected chi connectivity index (χ0v) is 15.9. The molecule has 1 aromatic carbocycles. The summed E-state index contributed by atoms with van der Waals surface area (Å²) in [7, 11) is 2.11. The molecule has 1 spiro atoms. The Hall–Kier alpha value is -2.08. The Morgan fingerprint density at radius 2 is 1.89 bits per heavy atom. The Bertz CT molecular complexity index is 773. The number of carbonyl (C=O) groups is 2. The molecule has 1 saturated heterocycles. The molecule has 6 rings (SSSR count). The van der Waals surface area contributed by atoms with Gasteiger partial charge in [0.1, 0.15) is 5.66 Å². The van der Waals surface area contributed by atoms with Crippen molar-refractivity contribution in [2.24, 2.45) is 17.8 Å². The third kappa shape index (κ3) is 2.73. The van der Waals surface area contributed by atoms with Crippen molar-refractivity contribution in [2.75, 3.05) is 38.5 Å². The second-order valence-corrected chi connectivity index (χ2v) is 8.81. The molecule has 2 amide bonds. The summed E-state index contributed by atoms with van der Waals surface area (Å²) >= 11 is 0. The fraction of sp³-hybridized carbons (Fsp3) is 0.619. The molecule has 0 unspecified atom stereocenters. The number of anilines is 1. The van der Waals surface area contributed by atoms with Gasteiger partial charge in [-0.25, -0.2) is 0 Å². The van der Waals surface area contributed by atoms with Gasteiger partial charge in [-0.2, -0.15) is 0 Å². The first kappa shape index (κ1) is 17.0. The highest BCUT2D eigenvalue weighted by atomic mass is 16.2. The average molecular weight is 368 g/mol. The minimum atomic E-state index is -0.382. The Kier molecular flexibility index (Phi) is 3.93. The van der Waals surface area contributed by atoms with Crippen LogP contribution >= 0.6 is 0 Å². The molecule has 4 fully saturated rings. The third-order valence-corrected chi connectivity index (χ3v) is 7.27. The van der Waals surface area contributed by atoms with E-state index in [4.69, 9.17) is 0 Å². The first-order chi connectivity index (χ1) is 13.1. The van der Waals surface area contributed by atoms with Crippen molar-refractivity contribution >= 4 is 17.5 Å². The fourth-order valence-electron chi connectivity index (χ4n) is 5.71. The number of benzene rings is 1. The number of nitrogens with zero attached hydrogens (tertiary/aromatic N) is 2. The van der Waals surface area contributed by atoms with Crippen LogP contribution in [0.5, 0.6) is 0 Å². The number of hydrogen-bond acceptors (Lipinski definition) is 4. The highest BCUT2D eigenvalue weighted by Crippen LogP contribution is 2.52. The van der Waals surface area contributed by atoms with Crippen LogP contribution in [-0.4, -0.2) is 60.5 Å². The van der Waals surface area contributed by atoms with E-state index >= 15 is 0 Å². The summed E-state index contributed by atoms with van der Waals surface area (Å²) in [6.45, 7) is 3.61. The lowest BCUT2D eigenvalue weighted by Gasteiger charge is -2.57. The van der Waals surface area contributed by atoms with E-state index in [1.165, 1.54) is 0 Å². The topological polar surface area (TPSA) is 64.7 Å². The van der Waals surface area contributed by atoms with Crippen molar-refractivity contribution in [3.05, 3.63) is 29.8 Å². The number of hydrogen-bond donors (Lipinski definition) is 2.